The summed E-state index contributed by atoms with van der Waals surface area (Å²) in [5, 5.41) is 0. The van der Waals surface area contributed by atoms with Gasteiger partial charge in [-0.3, -0.25) is 4.79 Å². The number of rotatable bonds is 10. The Morgan fingerprint density at radius 1 is 1.00 bits per heavy atom. The number of carbonyl (C=O) groups is 1. The molecule has 1 heterocycles. The summed E-state index contributed by atoms with van der Waals surface area (Å²) in [6.07, 6.45) is 10.9. The number of aromatic nitrogens is 1. The molecule has 0 saturated heterocycles. The van der Waals surface area contributed by atoms with Crippen molar-refractivity contribution in [2.45, 2.75) is 72.3 Å². The van der Waals surface area contributed by atoms with E-state index in [1.807, 2.05) is 6.07 Å². The number of hydrogen-bond acceptors (Lipinski definition) is 1. The van der Waals surface area contributed by atoms with Crippen molar-refractivity contribution >= 4 is 5.78 Å². The van der Waals surface area contributed by atoms with Gasteiger partial charge in [0, 0.05) is 24.0 Å². The van der Waals surface area contributed by atoms with E-state index < -0.39 is 0 Å². The third kappa shape index (κ3) is 5.09. The summed E-state index contributed by atoms with van der Waals surface area (Å²) >= 11 is 0. The molecule has 0 aliphatic heterocycles. The Kier molecular flexibility index (Phi) is 7.30. The van der Waals surface area contributed by atoms with Gasteiger partial charge in [0.2, 0.25) is 0 Å². The zero-order valence-electron chi connectivity index (χ0n) is 15.5. The van der Waals surface area contributed by atoms with Gasteiger partial charge in [-0.25, -0.2) is 0 Å². The van der Waals surface area contributed by atoms with Crippen LogP contribution in [-0.4, -0.2) is 10.4 Å². The summed E-state index contributed by atoms with van der Waals surface area (Å²) in [5.74, 6) is 0.195. The molecule has 0 spiro atoms. The Hall–Kier alpha value is -1.83. The van der Waals surface area contributed by atoms with E-state index >= 15 is 0 Å². The fourth-order valence-corrected chi connectivity index (χ4v) is 3.44. The molecule has 2 rings (SSSR count). The molecule has 2 heteroatoms. The van der Waals surface area contributed by atoms with Crippen molar-refractivity contribution in [3.05, 3.63) is 58.9 Å². The molecule has 0 aliphatic rings. The van der Waals surface area contributed by atoms with Crippen molar-refractivity contribution in [1.29, 1.82) is 0 Å². The molecule has 0 radical (unpaired) electrons. The molecule has 0 N–H and O–H groups in total. The predicted octanol–water partition coefficient (Wildman–Crippen LogP) is 5.95. The van der Waals surface area contributed by atoms with Crippen LogP contribution in [0.5, 0.6) is 0 Å². The van der Waals surface area contributed by atoms with Crippen LogP contribution in [0.3, 0.4) is 0 Å². The number of nitrogens with zero attached hydrogens (tertiary/aromatic N) is 1. The van der Waals surface area contributed by atoms with Gasteiger partial charge in [0.25, 0.3) is 0 Å². The van der Waals surface area contributed by atoms with E-state index in [0.29, 0.717) is 0 Å². The third-order valence-corrected chi connectivity index (χ3v) is 4.77. The van der Waals surface area contributed by atoms with Gasteiger partial charge in [-0.1, -0.05) is 69.4 Å². The van der Waals surface area contributed by atoms with E-state index in [4.69, 9.17) is 0 Å². The molecule has 1 aromatic heterocycles. The minimum atomic E-state index is 0.195. The highest BCUT2D eigenvalue weighted by Gasteiger charge is 2.16. The van der Waals surface area contributed by atoms with E-state index in [1.165, 1.54) is 49.7 Å². The fraction of sp³-hybridized carbons (Fsp3) is 0.500. The van der Waals surface area contributed by atoms with Crippen LogP contribution in [0.2, 0.25) is 0 Å². The topological polar surface area (TPSA) is 22.0 Å². The van der Waals surface area contributed by atoms with Crippen molar-refractivity contribution in [2.24, 2.45) is 0 Å². The van der Waals surface area contributed by atoms with Crippen molar-refractivity contribution < 1.29 is 4.79 Å². The first kappa shape index (κ1) is 18.5. The quantitative estimate of drug-likeness (QED) is 0.391. The number of hydrogen-bond donors (Lipinski definition) is 0. The van der Waals surface area contributed by atoms with Gasteiger partial charge in [-0.15, -0.1) is 0 Å². The van der Waals surface area contributed by atoms with Crippen molar-refractivity contribution in [3.63, 3.8) is 0 Å². The maximum atomic E-state index is 12.1. The highest BCUT2D eigenvalue weighted by molar-refractivity contribution is 5.96. The van der Waals surface area contributed by atoms with Crippen molar-refractivity contribution in [3.8, 4) is 0 Å². The van der Waals surface area contributed by atoms with Crippen LogP contribution in [-0.2, 0) is 13.0 Å². The summed E-state index contributed by atoms with van der Waals surface area (Å²) in [5.41, 5.74) is 4.55. The van der Waals surface area contributed by atoms with E-state index in [9.17, 15) is 4.79 Å². The molecular weight excluding hydrogens is 294 g/mol. The smallest absolute Gasteiger partial charge is 0.161 e. The molecule has 2 nitrogen and oxygen atoms in total. The lowest BCUT2D eigenvalue weighted by Crippen LogP contribution is -2.03. The molecule has 24 heavy (non-hydrogen) atoms. The monoisotopic (exact) mass is 325 g/mol. The summed E-state index contributed by atoms with van der Waals surface area (Å²) < 4.78 is 2.23. The van der Waals surface area contributed by atoms with Gasteiger partial charge in [-0.05, 0) is 37.8 Å². The number of unbranched alkanes of at least 4 members (excludes halogenated alkanes) is 5. The highest BCUT2D eigenvalue weighted by Crippen LogP contribution is 2.22. The Balaban J connectivity index is 2.04. The second-order valence-electron chi connectivity index (χ2n) is 6.80. The zero-order valence-corrected chi connectivity index (χ0v) is 15.5. The minimum absolute atomic E-state index is 0.195. The largest absolute Gasteiger partial charge is 0.346 e. The number of ketones is 1. The number of aryl methyl sites for hydroxylation is 1. The molecule has 0 saturated carbocycles. The van der Waals surface area contributed by atoms with Gasteiger partial charge in [-0.2, -0.15) is 0 Å². The Morgan fingerprint density at radius 2 is 1.67 bits per heavy atom. The second-order valence-corrected chi connectivity index (χ2v) is 6.80. The summed E-state index contributed by atoms with van der Waals surface area (Å²) in [4.78, 5) is 12.1. The Labute approximate surface area is 146 Å². The molecule has 0 aliphatic carbocycles. The van der Waals surface area contributed by atoms with Gasteiger partial charge in [0.15, 0.2) is 5.78 Å². The SMILES string of the molecule is CCCCCCCCc1cn(Cc2ccccc2)c(C)c1C(C)=O. The van der Waals surface area contributed by atoms with Gasteiger partial charge in [0.1, 0.15) is 0 Å². The fourth-order valence-electron chi connectivity index (χ4n) is 3.44. The average molecular weight is 325 g/mol. The third-order valence-electron chi connectivity index (χ3n) is 4.77. The standard InChI is InChI=1S/C22H31NO/c1-4-5-6-7-8-12-15-21-17-23(18(2)22(21)19(3)24)16-20-13-10-9-11-14-20/h9-11,13-14,17H,4-8,12,15-16H2,1-3H3. The molecule has 130 valence electrons. The molecule has 2 aromatic rings. The average Bonchev–Trinajstić information content (AvgIpc) is 2.87. The van der Waals surface area contributed by atoms with E-state index in [1.54, 1.807) is 6.92 Å². The first-order chi connectivity index (χ1) is 11.6. The van der Waals surface area contributed by atoms with Crippen molar-refractivity contribution in [2.75, 3.05) is 0 Å². The number of carbonyl (C=O) groups excluding carboxylic acids is 1. The van der Waals surface area contributed by atoms with Gasteiger partial charge >= 0.3 is 0 Å². The molecule has 0 amide bonds. The highest BCUT2D eigenvalue weighted by atomic mass is 16.1. The minimum Gasteiger partial charge on any atom is -0.346 e. The number of Topliss-reactive ketones (excluding diaryl/α,β-unsaturated/α-hetero) is 1. The summed E-state index contributed by atoms with van der Waals surface area (Å²) in [7, 11) is 0. The van der Waals surface area contributed by atoms with Crippen LogP contribution in [0.1, 0.15) is 79.6 Å². The van der Waals surface area contributed by atoms with E-state index in [-0.39, 0.29) is 5.78 Å². The summed E-state index contributed by atoms with van der Waals surface area (Å²) in [6.45, 7) is 6.85. The van der Waals surface area contributed by atoms with Crippen LogP contribution in [0, 0.1) is 6.92 Å². The lowest BCUT2D eigenvalue weighted by Gasteiger charge is -2.06. The Morgan fingerprint density at radius 3 is 2.33 bits per heavy atom. The normalized spacial score (nSPS) is 11.0. The molecule has 0 fully saturated rings. The maximum Gasteiger partial charge on any atom is 0.161 e. The first-order valence-corrected chi connectivity index (χ1v) is 9.37. The molecule has 0 bridgehead atoms. The van der Waals surface area contributed by atoms with Gasteiger partial charge in [0.05, 0.1) is 0 Å². The van der Waals surface area contributed by atoms with Crippen LogP contribution >= 0.6 is 0 Å². The van der Waals surface area contributed by atoms with Crippen molar-refractivity contribution in [1.82, 2.24) is 4.57 Å². The second kappa shape index (κ2) is 9.46. The van der Waals surface area contributed by atoms with Crippen LogP contribution in [0.15, 0.2) is 36.5 Å². The molecule has 0 atom stereocenters. The molecular formula is C22H31NO. The number of benzene rings is 1. The van der Waals surface area contributed by atoms with Crippen LogP contribution in [0.4, 0.5) is 0 Å². The van der Waals surface area contributed by atoms with E-state index in [0.717, 1.165) is 24.2 Å². The van der Waals surface area contributed by atoms with Gasteiger partial charge < -0.3 is 4.57 Å². The van der Waals surface area contributed by atoms with Crippen LogP contribution in [0.25, 0.3) is 0 Å². The lowest BCUT2D eigenvalue weighted by molar-refractivity contribution is 0.101. The van der Waals surface area contributed by atoms with Crippen LogP contribution < -0.4 is 0 Å². The predicted molar refractivity (Wildman–Crippen MR) is 102 cm³/mol. The Bertz CT molecular complexity index is 639. The molecule has 1 aromatic carbocycles. The maximum absolute atomic E-state index is 12.1. The lowest BCUT2D eigenvalue weighted by atomic mass is 10.0. The summed E-state index contributed by atoms with van der Waals surface area (Å²) in [6, 6.07) is 10.5. The van der Waals surface area contributed by atoms with E-state index in [2.05, 4.69) is 48.9 Å². The zero-order chi connectivity index (χ0) is 17.4. The first-order valence-electron chi connectivity index (χ1n) is 9.37. The molecule has 0 unspecified atom stereocenters.